The lowest BCUT2D eigenvalue weighted by Gasteiger charge is -2.26. The maximum Gasteiger partial charge on any atom is 0.233 e. The van der Waals surface area contributed by atoms with E-state index >= 15 is 0 Å². The average Bonchev–Trinajstić information content (AvgIpc) is 3.05. The molecule has 1 saturated heterocycles. The minimum absolute atomic E-state index is 0.173. The van der Waals surface area contributed by atoms with Gasteiger partial charge in [-0.05, 0) is 37.5 Å². The first-order valence-electron chi connectivity index (χ1n) is 8.61. The van der Waals surface area contributed by atoms with Crippen molar-refractivity contribution in [1.82, 2.24) is 14.9 Å². The van der Waals surface area contributed by atoms with Crippen LogP contribution >= 0.6 is 34.9 Å². The zero-order valence-electron chi connectivity index (χ0n) is 14.2. The van der Waals surface area contributed by atoms with Crippen molar-refractivity contribution in [2.24, 2.45) is 0 Å². The molecule has 8 heteroatoms. The van der Waals surface area contributed by atoms with Gasteiger partial charge in [-0.25, -0.2) is 9.97 Å². The van der Waals surface area contributed by atoms with E-state index in [1.165, 1.54) is 28.0 Å². The Labute approximate surface area is 159 Å². The van der Waals surface area contributed by atoms with Gasteiger partial charge in [0.15, 0.2) is 5.16 Å². The number of thiophene rings is 1. The molecule has 0 unspecified atom stereocenters. The van der Waals surface area contributed by atoms with Crippen molar-refractivity contribution >= 4 is 51.0 Å². The van der Waals surface area contributed by atoms with Crippen molar-refractivity contribution in [2.75, 3.05) is 38.3 Å². The minimum atomic E-state index is 0.173. The summed E-state index contributed by atoms with van der Waals surface area (Å²) in [6.07, 6.45) is 6.79. The molecular weight excluding hydrogens is 374 g/mol. The first kappa shape index (κ1) is 17.6. The largest absolute Gasteiger partial charge is 0.378 e. The molecule has 0 spiro atoms. The SMILES string of the molecule is CSc1nc(SCC(=O)N2CCOCC2)c2sc3c(c2n1)CCCC3. The van der Waals surface area contributed by atoms with Crippen LogP contribution in [0, 0.1) is 0 Å². The summed E-state index contributed by atoms with van der Waals surface area (Å²) in [4.78, 5) is 25.3. The molecule has 3 heterocycles. The van der Waals surface area contributed by atoms with Gasteiger partial charge in [0, 0.05) is 18.0 Å². The molecule has 1 aliphatic carbocycles. The zero-order valence-corrected chi connectivity index (χ0v) is 16.7. The summed E-state index contributed by atoms with van der Waals surface area (Å²) in [6, 6.07) is 0. The maximum atomic E-state index is 12.5. The highest BCUT2D eigenvalue weighted by molar-refractivity contribution is 8.00. The summed E-state index contributed by atoms with van der Waals surface area (Å²) in [6.45, 7) is 2.68. The highest BCUT2D eigenvalue weighted by Gasteiger charge is 2.22. The number of morpholine rings is 1. The fourth-order valence-corrected chi connectivity index (χ4v) is 6.05. The van der Waals surface area contributed by atoms with E-state index in [2.05, 4.69) is 0 Å². The van der Waals surface area contributed by atoms with Crippen molar-refractivity contribution in [3.63, 3.8) is 0 Å². The quantitative estimate of drug-likeness (QED) is 0.450. The smallest absolute Gasteiger partial charge is 0.233 e. The van der Waals surface area contributed by atoms with Gasteiger partial charge in [0.25, 0.3) is 0 Å². The van der Waals surface area contributed by atoms with E-state index in [1.54, 1.807) is 23.5 Å². The van der Waals surface area contributed by atoms with Crippen LogP contribution in [0.1, 0.15) is 23.3 Å². The molecule has 0 bridgehead atoms. The van der Waals surface area contributed by atoms with Crippen molar-refractivity contribution in [1.29, 1.82) is 0 Å². The molecule has 2 aromatic heterocycles. The Kier molecular flexibility index (Phi) is 5.50. The molecule has 0 saturated carbocycles. The van der Waals surface area contributed by atoms with Crippen LogP contribution in [0.5, 0.6) is 0 Å². The lowest BCUT2D eigenvalue weighted by molar-refractivity contribution is -0.132. The summed E-state index contributed by atoms with van der Waals surface area (Å²) < 4.78 is 6.50. The van der Waals surface area contributed by atoms with Crippen LogP contribution in [0.4, 0.5) is 0 Å². The number of nitrogens with zero attached hydrogens (tertiary/aromatic N) is 3. The van der Waals surface area contributed by atoms with Crippen LogP contribution in [-0.2, 0) is 22.4 Å². The Morgan fingerprint density at radius 2 is 2.04 bits per heavy atom. The molecule has 134 valence electrons. The van der Waals surface area contributed by atoms with Gasteiger partial charge in [-0.3, -0.25) is 4.79 Å². The predicted molar refractivity (Wildman–Crippen MR) is 104 cm³/mol. The number of ether oxygens (including phenoxy) is 1. The zero-order chi connectivity index (χ0) is 17.2. The Morgan fingerprint density at radius 3 is 2.84 bits per heavy atom. The molecule has 0 aromatic carbocycles. The van der Waals surface area contributed by atoms with Gasteiger partial charge in [-0.15, -0.1) is 11.3 Å². The summed E-state index contributed by atoms with van der Waals surface area (Å²) in [5.74, 6) is 0.606. The van der Waals surface area contributed by atoms with Gasteiger partial charge < -0.3 is 9.64 Å². The van der Waals surface area contributed by atoms with Gasteiger partial charge in [-0.2, -0.15) is 0 Å². The Morgan fingerprint density at radius 1 is 1.24 bits per heavy atom. The third-order valence-corrected chi connectivity index (χ3v) is 7.55. The second kappa shape index (κ2) is 7.82. The Balaban J connectivity index is 1.59. The van der Waals surface area contributed by atoms with Crippen LogP contribution in [0.2, 0.25) is 0 Å². The van der Waals surface area contributed by atoms with E-state index in [0.29, 0.717) is 32.1 Å². The number of aryl methyl sites for hydroxylation is 2. The summed E-state index contributed by atoms with van der Waals surface area (Å²) in [7, 11) is 0. The summed E-state index contributed by atoms with van der Waals surface area (Å²) in [5, 5.41) is 1.77. The number of aromatic nitrogens is 2. The second-order valence-corrected chi connectivity index (χ2v) is 9.03. The van der Waals surface area contributed by atoms with E-state index in [0.717, 1.165) is 28.5 Å². The molecule has 1 fully saturated rings. The van der Waals surface area contributed by atoms with E-state index in [1.807, 2.05) is 22.5 Å². The highest BCUT2D eigenvalue weighted by atomic mass is 32.2. The highest BCUT2D eigenvalue weighted by Crippen LogP contribution is 2.40. The van der Waals surface area contributed by atoms with Crippen molar-refractivity contribution in [3.05, 3.63) is 10.4 Å². The topological polar surface area (TPSA) is 55.3 Å². The number of hydrogen-bond acceptors (Lipinski definition) is 7. The number of carbonyl (C=O) groups excluding carboxylic acids is 1. The third-order valence-electron chi connectivity index (χ3n) is 4.62. The molecule has 0 atom stereocenters. The molecule has 2 aliphatic rings. The van der Waals surface area contributed by atoms with Gasteiger partial charge in [0.1, 0.15) is 5.03 Å². The molecule has 0 radical (unpaired) electrons. The number of fused-ring (bicyclic) bond motifs is 3. The lowest BCUT2D eigenvalue weighted by atomic mass is 9.98. The van der Waals surface area contributed by atoms with Crippen LogP contribution < -0.4 is 0 Å². The number of thioether (sulfide) groups is 2. The predicted octanol–water partition coefficient (Wildman–Crippen LogP) is 3.24. The molecular formula is C17H21N3O2S3. The first-order chi connectivity index (χ1) is 12.3. The fourth-order valence-electron chi connectivity index (χ4n) is 3.29. The van der Waals surface area contributed by atoms with E-state index in [-0.39, 0.29) is 5.91 Å². The number of carbonyl (C=O) groups is 1. The van der Waals surface area contributed by atoms with E-state index in [4.69, 9.17) is 14.7 Å². The van der Waals surface area contributed by atoms with E-state index in [9.17, 15) is 4.79 Å². The number of amides is 1. The van der Waals surface area contributed by atoms with Crippen LogP contribution in [-0.4, -0.2) is 59.1 Å². The second-order valence-electron chi connectivity index (χ2n) is 6.19. The van der Waals surface area contributed by atoms with Crippen molar-refractivity contribution in [2.45, 2.75) is 35.9 Å². The van der Waals surface area contributed by atoms with Crippen LogP contribution in [0.25, 0.3) is 10.2 Å². The van der Waals surface area contributed by atoms with Crippen LogP contribution in [0.15, 0.2) is 10.2 Å². The first-order valence-corrected chi connectivity index (χ1v) is 11.6. The number of hydrogen-bond donors (Lipinski definition) is 0. The van der Waals surface area contributed by atoms with Gasteiger partial charge in [0.05, 0.1) is 29.2 Å². The Bertz CT molecular complexity index is 787. The van der Waals surface area contributed by atoms with Crippen molar-refractivity contribution < 1.29 is 9.53 Å². The summed E-state index contributed by atoms with van der Waals surface area (Å²) >= 11 is 4.96. The third kappa shape index (κ3) is 3.67. The van der Waals surface area contributed by atoms with Gasteiger partial charge in [0.2, 0.25) is 5.91 Å². The standard InChI is InChI=1S/C17H21N3O2S3/c1-23-17-18-14-11-4-2-3-5-12(11)25-15(14)16(19-17)24-10-13(21)20-6-8-22-9-7-20/h2-10H2,1H3. The fraction of sp³-hybridized carbons (Fsp3) is 0.588. The average molecular weight is 396 g/mol. The molecule has 1 amide bonds. The Hall–Kier alpha value is -0.830. The molecule has 1 aliphatic heterocycles. The molecule has 5 nitrogen and oxygen atoms in total. The monoisotopic (exact) mass is 395 g/mol. The van der Waals surface area contributed by atoms with Gasteiger partial charge in [-0.1, -0.05) is 23.5 Å². The summed E-state index contributed by atoms with van der Waals surface area (Å²) in [5.41, 5.74) is 2.55. The molecule has 4 rings (SSSR count). The van der Waals surface area contributed by atoms with Gasteiger partial charge >= 0.3 is 0 Å². The van der Waals surface area contributed by atoms with E-state index < -0.39 is 0 Å². The van der Waals surface area contributed by atoms with Crippen LogP contribution in [0.3, 0.4) is 0 Å². The molecule has 2 aromatic rings. The van der Waals surface area contributed by atoms with Crippen molar-refractivity contribution in [3.8, 4) is 0 Å². The molecule has 0 N–H and O–H groups in total. The maximum absolute atomic E-state index is 12.5. The molecule has 25 heavy (non-hydrogen) atoms. The minimum Gasteiger partial charge on any atom is -0.378 e. The lowest BCUT2D eigenvalue weighted by Crippen LogP contribution is -2.41. The number of rotatable bonds is 4. The normalized spacial score (nSPS) is 17.7.